The number of nitrogens with zero attached hydrogens (tertiary/aromatic N) is 1. The number of amides is 3. The number of nitrogens with one attached hydrogen (secondary N) is 2. The highest BCUT2D eigenvalue weighted by molar-refractivity contribution is 5.87. The van der Waals surface area contributed by atoms with Crippen molar-refractivity contribution in [3.63, 3.8) is 0 Å². The molecule has 0 spiro atoms. The van der Waals surface area contributed by atoms with Crippen LogP contribution in [-0.2, 0) is 9.53 Å². The first-order chi connectivity index (χ1) is 11.4. The van der Waals surface area contributed by atoms with Gasteiger partial charge in [0.15, 0.2) is 0 Å². The van der Waals surface area contributed by atoms with E-state index in [9.17, 15) is 9.59 Å². The van der Waals surface area contributed by atoms with Crippen LogP contribution in [0, 0.1) is 11.8 Å². The Labute approximate surface area is 145 Å². The van der Waals surface area contributed by atoms with E-state index in [2.05, 4.69) is 24.5 Å². The Balaban J connectivity index is 1.87. The summed E-state index contributed by atoms with van der Waals surface area (Å²) < 4.78 is 5.89. The summed E-state index contributed by atoms with van der Waals surface area (Å²) in [5.41, 5.74) is 0. The standard InChI is InChI=1S/C18H33N3O3/c1-12(2)16-14(7-6-10-24-16)11-19-17(22)15-8-5-9-21(15)18(23)20-13(3)4/h12-16H,5-11H2,1-4H3,(H,19,22)(H,20,23)/t14-,15+,16+/m1/s1. The Bertz CT molecular complexity index is 439. The van der Waals surface area contributed by atoms with E-state index < -0.39 is 0 Å². The van der Waals surface area contributed by atoms with Crippen molar-refractivity contribution in [1.82, 2.24) is 15.5 Å². The highest BCUT2D eigenvalue weighted by Crippen LogP contribution is 2.26. The van der Waals surface area contributed by atoms with Crippen LogP contribution in [0.25, 0.3) is 0 Å². The van der Waals surface area contributed by atoms with Crippen molar-refractivity contribution in [2.75, 3.05) is 19.7 Å². The van der Waals surface area contributed by atoms with E-state index in [0.717, 1.165) is 32.3 Å². The summed E-state index contributed by atoms with van der Waals surface area (Å²) in [6.45, 7) is 10.3. The Morgan fingerprint density at radius 1 is 1.17 bits per heavy atom. The van der Waals surface area contributed by atoms with E-state index in [1.165, 1.54) is 0 Å². The molecule has 2 aliphatic rings. The molecular weight excluding hydrogens is 306 g/mol. The fourth-order valence-corrected chi connectivity index (χ4v) is 3.78. The maximum Gasteiger partial charge on any atom is 0.318 e. The second-order valence-electron chi connectivity index (χ2n) is 7.68. The lowest BCUT2D eigenvalue weighted by atomic mass is 9.87. The second-order valence-corrected chi connectivity index (χ2v) is 7.68. The first kappa shape index (κ1) is 19.0. The normalized spacial score (nSPS) is 27.6. The molecule has 2 aliphatic heterocycles. The molecule has 0 aromatic heterocycles. The summed E-state index contributed by atoms with van der Waals surface area (Å²) in [5.74, 6) is 0.786. The van der Waals surface area contributed by atoms with Crippen molar-refractivity contribution in [2.45, 2.75) is 71.6 Å². The Kier molecular flexibility index (Phi) is 6.90. The van der Waals surface area contributed by atoms with Crippen LogP contribution in [0.3, 0.4) is 0 Å². The van der Waals surface area contributed by atoms with E-state index in [4.69, 9.17) is 4.74 Å². The fraction of sp³-hybridized carbons (Fsp3) is 0.889. The van der Waals surface area contributed by atoms with Crippen LogP contribution in [0.1, 0.15) is 53.4 Å². The van der Waals surface area contributed by atoms with Crippen LogP contribution in [0.5, 0.6) is 0 Å². The van der Waals surface area contributed by atoms with Crippen molar-refractivity contribution in [3.8, 4) is 0 Å². The molecule has 2 heterocycles. The number of ether oxygens (including phenoxy) is 1. The Morgan fingerprint density at radius 3 is 2.58 bits per heavy atom. The van der Waals surface area contributed by atoms with E-state index in [1.807, 2.05) is 13.8 Å². The zero-order chi connectivity index (χ0) is 17.7. The van der Waals surface area contributed by atoms with Gasteiger partial charge in [-0.3, -0.25) is 4.79 Å². The fourth-order valence-electron chi connectivity index (χ4n) is 3.78. The van der Waals surface area contributed by atoms with Crippen LogP contribution in [0.15, 0.2) is 0 Å². The molecule has 2 saturated heterocycles. The predicted molar refractivity (Wildman–Crippen MR) is 93.7 cm³/mol. The van der Waals surface area contributed by atoms with Gasteiger partial charge in [0.1, 0.15) is 6.04 Å². The van der Waals surface area contributed by atoms with Crippen molar-refractivity contribution in [3.05, 3.63) is 0 Å². The molecule has 24 heavy (non-hydrogen) atoms. The molecule has 3 amide bonds. The molecule has 6 nitrogen and oxygen atoms in total. The van der Waals surface area contributed by atoms with Crippen LogP contribution >= 0.6 is 0 Å². The first-order valence-corrected chi connectivity index (χ1v) is 9.36. The molecule has 0 bridgehead atoms. The molecular formula is C18H33N3O3. The lowest BCUT2D eigenvalue weighted by Crippen LogP contribution is -2.52. The maximum absolute atomic E-state index is 12.6. The Morgan fingerprint density at radius 2 is 1.92 bits per heavy atom. The van der Waals surface area contributed by atoms with Crippen LogP contribution < -0.4 is 10.6 Å². The minimum atomic E-state index is -0.342. The molecule has 0 radical (unpaired) electrons. The molecule has 0 aromatic carbocycles. The lowest BCUT2D eigenvalue weighted by Gasteiger charge is -2.35. The molecule has 0 aliphatic carbocycles. The SMILES string of the molecule is CC(C)NC(=O)N1CCC[C@H]1C(=O)NC[C@H]1CCCO[C@H]1C(C)C. The number of likely N-dealkylation sites (tertiary alicyclic amines) is 1. The van der Waals surface area contributed by atoms with E-state index in [-0.39, 0.29) is 30.1 Å². The highest BCUT2D eigenvalue weighted by Gasteiger charge is 2.35. The number of rotatable bonds is 5. The largest absolute Gasteiger partial charge is 0.378 e. The number of urea groups is 1. The number of carbonyl (C=O) groups is 2. The van der Waals surface area contributed by atoms with Gasteiger partial charge in [-0.15, -0.1) is 0 Å². The van der Waals surface area contributed by atoms with Gasteiger partial charge in [-0.2, -0.15) is 0 Å². The van der Waals surface area contributed by atoms with E-state index >= 15 is 0 Å². The topological polar surface area (TPSA) is 70.7 Å². The van der Waals surface area contributed by atoms with Gasteiger partial charge in [0.2, 0.25) is 5.91 Å². The van der Waals surface area contributed by atoms with Gasteiger partial charge in [-0.25, -0.2) is 4.79 Å². The van der Waals surface area contributed by atoms with Gasteiger partial charge in [-0.1, -0.05) is 13.8 Å². The zero-order valence-electron chi connectivity index (χ0n) is 15.5. The van der Waals surface area contributed by atoms with Gasteiger partial charge in [-0.05, 0) is 45.4 Å². The second kappa shape index (κ2) is 8.70. The van der Waals surface area contributed by atoms with Gasteiger partial charge < -0.3 is 20.3 Å². The maximum atomic E-state index is 12.6. The van der Waals surface area contributed by atoms with Crippen molar-refractivity contribution in [1.29, 1.82) is 0 Å². The summed E-state index contributed by atoms with van der Waals surface area (Å²) in [7, 11) is 0. The number of hydrogen-bond donors (Lipinski definition) is 2. The van der Waals surface area contributed by atoms with E-state index in [0.29, 0.717) is 24.9 Å². The van der Waals surface area contributed by atoms with Gasteiger partial charge in [0.25, 0.3) is 0 Å². The summed E-state index contributed by atoms with van der Waals surface area (Å²) in [5, 5.41) is 5.96. The monoisotopic (exact) mass is 339 g/mol. The molecule has 138 valence electrons. The molecule has 0 unspecified atom stereocenters. The molecule has 2 fully saturated rings. The molecule has 2 rings (SSSR count). The minimum Gasteiger partial charge on any atom is -0.378 e. The summed E-state index contributed by atoms with van der Waals surface area (Å²) in [4.78, 5) is 26.5. The first-order valence-electron chi connectivity index (χ1n) is 9.36. The van der Waals surface area contributed by atoms with Gasteiger partial charge in [0, 0.05) is 31.7 Å². The predicted octanol–water partition coefficient (Wildman–Crippen LogP) is 2.14. The number of carbonyl (C=O) groups excluding carboxylic acids is 2. The summed E-state index contributed by atoms with van der Waals surface area (Å²) >= 11 is 0. The highest BCUT2D eigenvalue weighted by atomic mass is 16.5. The minimum absolute atomic E-state index is 0.0283. The summed E-state index contributed by atoms with van der Waals surface area (Å²) in [6.07, 6.45) is 3.97. The van der Waals surface area contributed by atoms with Crippen molar-refractivity contribution < 1.29 is 14.3 Å². The molecule has 3 atom stereocenters. The van der Waals surface area contributed by atoms with Gasteiger partial charge in [0.05, 0.1) is 6.10 Å². The number of hydrogen-bond acceptors (Lipinski definition) is 3. The molecule has 2 N–H and O–H groups in total. The summed E-state index contributed by atoms with van der Waals surface area (Å²) in [6, 6.07) is -0.400. The van der Waals surface area contributed by atoms with E-state index in [1.54, 1.807) is 4.90 Å². The average molecular weight is 339 g/mol. The van der Waals surface area contributed by atoms with Crippen molar-refractivity contribution >= 4 is 11.9 Å². The molecule has 0 aromatic rings. The molecule has 0 saturated carbocycles. The third-order valence-electron chi connectivity index (χ3n) is 4.92. The van der Waals surface area contributed by atoms with Crippen LogP contribution in [0.2, 0.25) is 0 Å². The average Bonchev–Trinajstić information content (AvgIpc) is 3.02. The van der Waals surface area contributed by atoms with Gasteiger partial charge >= 0.3 is 6.03 Å². The Hall–Kier alpha value is -1.30. The third-order valence-corrected chi connectivity index (χ3v) is 4.92. The van der Waals surface area contributed by atoms with Crippen LogP contribution in [-0.4, -0.2) is 54.7 Å². The quantitative estimate of drug-likeness (QED) is 0.806. The smallest absolute Gasteiger partial charge is 0.318 e. The van der Waals surface area contributed by atoms with Crippen LogP contribution in [0.4, 0.5) is 4.79 Å². The lowest BCUT2D eigenvalue weighted by molar-refractivity contribution is -0.125. The third kappa shape index (κ3) is 4.85. The molecule has 6 heteroatoms. The van der Waals surface area contributed by atoms with Crippen molar-refractivity contribution in [2.24, 2.45) is 11.8 Å². The zero-order valence-corrected chi connectivity index (χ0v) is 15.5.